The molecule has 3 rings (SSSR count). The minimum absolute atomic E-state index is 0.708. The molecule has 0 unspecified atom stereocenters. The average molecular weight is 204 g/mol. The summed E-state index contributed by atoms with van der Waals surface area (Å²) in [5, 5.41) is 7.39. The van der Waals surface area contributed by atoms with Gasteiger partial charge in [0.05, 0.1) is 5.69 Å². The number of fused-ring (bicyclic) bond motifs is 1. The van der Waals surface area contributed by atoms with Gasteiger partial charge in [0, 0.05) is 12.6 Å². The lowest BCUT2D eigenvalue weighted by Gasteiger charge is -2.25. The van der Waals surface area contributed by atoms with Gasteiger partial charge in [-0.25, -0.2) is 0 Å². The van der Waals surface area contributed by atoms with E-state index in [-0.39, 0.29) is 0 Å². The third-order valence-electron chi connectivity index (χ3n) is 3.52. The molecule has 0 spiro atoms. The summed E-state index contributed by atoms with van der Waals surface area (Å²) in [7, 11) is 0. The number of hydrogen-bond acceptors (Lipinski definition) is 3. The summed E-state index contributed by atoms with van der Waals surface area (Å²) < 4.78 is 5.32. The van der Waals surface area contributed by atoms with E-state index in [1.807, 2.05) is 13.0 Å². The quantitative estimate of drug-likeness (QED) is 0.760. The van der Waals surface area contributed by atoms with Gasteiger partial charge >= 0.3 is 0 Å². The molecule has 1 aromatic heterocycles. The zero-order chi connectivity index (χ0) is 10.3. The van der Waals surface area contributed by atoms with E-state index in [1.165, 1.54) is 18.4 Å². The Labute approximate surface area is 89.5 Å². The molecule has 1 N–H and O–H groups in total. The molecule has 0 amide bonds. The van der Waals surface area contributed by atoms with Gasteiger partial charge in [0.1, 0.15) is 0 Å². The van der Waals surface area contributed by atoms with Crippen LogP contribution in [0.1, 0.15) is 24.3 Å². The molecule has 1 aromatic rings. The van der Waals surface area contributed by atoms with Crippen molar-refractivity contribution in [1.29, 1.82) is 0 Å². The first-order valence-corrected chi connectivity index (χ1v) is 5.68. The van der Waals surface area contributed by atoms with E-state index in [1.54, 1.807) is 0 Å². The van der Waals surface area contributed by atoms with Crippen LogP contribution >= 0.6 is 0 Å². The molecule has 15 heavy (non-hydrogen) atoms. The van der Waals surface area contributed by atoms with Crippen molar-refractivity contribution in [2.24, 2.45) is 11.8 Å². The van der Waals surface area contributed by atoms with Crippen molar-refractivity contribution < 1.29 is 4.52 Å². The largest absolute Gasteiger partial charge is 0.356 e. The highest BCUT2D eigenvalue weighted by molar-refractivity contribution is 5.64. The topological polar surface area (TPSA) is 38.1 Å². The number of aryl methyl sites for hydroxylation is 1. The number of piperidine rings is 1. The van der Waals surface area contributed by atoms with Crippen molar-refractivity contribution in [3.63, 3.8) is 0 Å². The second kappa shape index (κ2) is 3.49. The first kappa shape index (κ1) is 9.16. The number of nitrogens with one attached hydrogen (secondary N) is 1. The van der Waals surface area contributed by atoms with Gasteiger partial charge < -0.3 is 9.84 Å². The maximum Gasteiger partial charge on any atom is 0.162 e. The summed E-state index contributed by atoms with van der Waals surface area (Å²) in [6, 6.07) is 2.04. The maximum atomic E-state index is 5.32. The number of nitrogens with zero attached hydrogens (tertiary/aromatic N) is 1. The number of hydrogen-bond donors (Lipinski definition) is 1. The Morgan fingerprint density at radius 3 is 3.20 bits per heavy atom. The van der Waals surface area contributed by atoms with Crippen LogP contribution in [0.25, 0.3) is 5.57 Å². The van der Waals surface area contributed by atoms with Crippen LogP contribution < -0.4 is 5.32 Å². The van der Waals surface area contributed by atoms with Crippen LogP contribution in [0, 0.1) is 18.8 Å². The van der Waals surface area contributed by atoms with Crippen LogP contribution in [0.15, 0.2) is 16.7 Å². The van der Waals surface area contributed by atoms with E-state index in [0.717, 1.165) is 30.5 Å². The van der Waals surface area contributed by atoms with Crippen molar-refractivity contribution in [2.75, 3.05) is 13.1 Å². The minimum Gasteiger partial charge on any atom is -0.356 e. The van der Waals surface area contributed by atoms with E-state index in [2.05, 4.69) is 16.5 Å². The molecule has 2 atom stereocenters. The molecule has 3 heteroatoms. The van der Waals surface area contributed by atoms with Gasteiger partial charge in [0.25, 0.3) is 0 Å². The lowest BCUT2D eigenvalue weighted by Crippen LogP contribution is -2.33. The van der Waals surface area contributed by atoms with Crippen molar-refractivity contribution in [1.82, 2.24) is 10.5 Å². The van der Waals surface area contributed by atoms with Crippen LogP contribution in [0.3, 0.4) is 0 Å². The first-order valence-electron chi connectivity index (χ1n) is 5.68. The van der Waals surface area contributed by atoms with Crippen LogP contribution in [0.5, 0.6) is 0 Å². The van der Waals surface area contributed by atoms with Gasteiger partial charge in [-0.05, 0) is 43.7 Å². The molecule has 1 aliphatic heterocycles. The van der Waals surface area contributed by atoms with E-state index < -0.39 is 0 Å². The predicted octanol–water partition coefficient (Wildman–Crippen LogP) is 2.00. The third-order valence-corrected chi connectivity index (χ3v) is 3.52. The van der Waals surface area contributed by atoms with Crippen molar-refractivity contribution in [2.45, 2.75) is 19.8 Å². The fraction of sp³-hybridized carbons (Fsp3) is 0.583. The molecule has 1 saturated heterocycles. The third kappa shape index (κ3) is 1.61. The number of rotatable bonds is 1. The molecule has 0 saturated carbocycles. The maximum absolute atomic E-state index is 5.32. The molecule has 0 radical (unpaired) electrons. The summed E-state index contributed by atoms with van der Waals surface area (Å²) in [5.41, 5.74) is 2.33. The molecular formula is C12H16N2O. The van der Waals surface area contributed by atoms with Crippen molar-refractivity contribution in [3.05, 3.63) is 23.6 Å². The summed E-state index contributed by atoms with van der Waals surface area (Å²) in [6.45, 7) is 4.26. The molecule has 1 aliphatic carbocycles. The summed E-state index contributed by atoms with van der Waals surface area (Å²) in [6.07, 6.45) is 4.83. The van der Waals surface area contributed by atoms with Crippen molar-refractivity contribution in [3.8, 4) is 0 Å². The summed E-state index contributed by atoms with van der Waals surface area (Å²) >= 11 is 0. The second-order valence-corrected chi connectivity index (χ2v) is 4.65. The predicted molar refractivity (Wildman–Crippen MR) is 58.3 cm³/mol. The Morgan fingerprint density at radius 2 is 2.47 bits per heavy atom. The van der Waals surface area contributed by atoms with Crippen molar-refractivity contribution >= 4 is 5.57 Å². The molecule has 1 fully saturated rings. The smallest absolute Gasteiger partial charge is 0.162 e. The van der Waals surface area contributed by atoms with Gasteiger partial charge in [-0.3, -0.25) is 0 Å². The van der Waals surface area contributed by atoms with Crippen LogP contribution in [0.4, 0.5) is 0 Å². The van der Waals surface area contributed by atoms with Crippen LogP contribution in [-0.2, 0) is 0 Å². The zero-order valence-corrected chi connectivity index (χ0v) is 8.99. The van der Waals surface area contributed by atoms with Gasteiger partial charge in [-0.15, -0.1) is 0 Å². The SMILES string of the molecule is Cc1cc(C2=C[C@@H]3CNCC[C@@H]3C2)on1. The molecular weight excluding hydrogens is 188 g/mol. The Balaban J connectivity index is 1.83. The highest BCUT2D eigenvalue weighted by Gasteiger charge is 2.31. The zero-order valence-electron chi connectivity index (χ0n) is 8.99. The Hall–Kier alpha value is -1.09. The monoisotopic (exact) mass is 204 g/mol. The Kier molecular flexibility index (Phi) is 2.13. The summed E-state index contributed by atoms with van der Waals surface area (Å²) in [4.78, 5) is 0. The van der Waals surface area contributed by atoms with Gasteiger partial charge in [0.2, 0.25) is 0 Å². The second-order valence-electron chi connectivity index (χ2n) is 4.65. The number of allylic oxidation sites excluding steroid dienone is 1. The first-order chi connectivity index (χ1) is 7.33. The van der Waals surface area contributed by atoms with E-state index >= 15 is 0 Å². The highest BCUT2D eigenvalue weighted by Crippen LogP contribution is 2.39. The Bertz CT molecular complexity index is 394. The molecule has 0 aromatic carbocycles. The molecule has 2 heterocycles. The molecule has 0 bridgehead atoms. The average Bonchev–Trinajstić information content (AvgIpc) is 2.82. The lowest BCUT2D eigenvalue weighted by molar-refractivity contribution is 0.322. The minimum atomic E-state index is 0.708. The fourth-order valence-electron chi connectivity index (χ4n) is 2.69. The number of aromatic nitrogens is 1. The Morgan fingerprint density at radius 1 is 1.53 bits per heavy atom. The van der Waals surface area contributed by atoms with E-state index in [4.69, 9.17) is 4.52 Å². The van der Waals surface area contributed by atoms with Gasteiger partial charge in [0.15, 0.2) is 5.76 Å². The standard InChI is InChI=1S/C12H16N2O/c1-8-4-12(15-14-8)10-5-9-2-3-13-7-11(9)6-10/h4,6,9,11,13H,2-3,5,7H2,1H3/t9-,11-/m1/s1. The fourth-order valence-corrected chi connectivity index (χ4v) is 2.69. The summed E-state index contributed by atoms with van der Waals surface area (Å²) in [5.74, 6) is 2.51. The van der Waals surface area contributed by atoms with Gasteiger partial charge in [-0.2, -0.15) is 0 Å². The normalized spacial score (nSPS) is 30.1. The molecule has 80 valence electrons. The van der Waals surface area contributed by atoms with E-state index in [9.17, 15) is 0 Å². The van der Waals surface area contributed by atoms with Crippen LogP contribution in [0.2, 0.25) is 0 Å². The van der Waals surface area contributed by atoms with E-state index in [0.29, 0.717) is 5.92 Å². The van der Waals surface area contributed by atoms with Gasteiger partial charge in [-0.1, -0.05) is 11.2 Å². The highest BCUT2D eigenvalue weighted by atomic mass is 16.5. The lowest BCUT2D eigenvalue weighted by atomic mass is 9.89. The van der Waals surface area contributed by atoms with Crippen LogP contribution in [-0.4, -0.2) is 18.2 Å². The molecule has 2 aliphatic rings. The molecule has 3 nitrogen and oxygen atoms in total.